The molecule has 0 saturated carbocycles. The maximum atomic E-state index is 14.0. The maximum Gasteiger partial charge on any atom is 0.267 e. The summed E-state index contributed by atoms with van der Waals surface area (Å²) in [6.45, 7) is 1.39. The molecule has 1 aromatic heterocycles. The van der Waals surface area contributed by atoms with Crippen molar-refractivity contribution in [1.82, 2.24) is 4.98 Å². The van der Waals surface area contributed by atoms with Gasteiger partial charge in [-0.05, 0) is 29.8 Å². The van der Waals surface area contributed by atoms with Crippen LogP contribution in [0.5, 0.6) is 0 Å². The second kappa shape index (κ2) is 7.48. The predicted molar refractivity (Wildman–Crippen MR) is 109 cm³/mol. The Morgan fingerprint density at radius 1 is 1.17 bits per heavy atom. The average Bonchev–Trinajstić information content (AvgIpc) is 2.75. The van der Waals surface area contributed by atoms with Crippen LogP contribution in [0.3, 0.4) is 0 Å². The van der Waals surface area contributed by atoms with E-state index in [1.165, 1.54) is 14.0 Å². The zero-order valence-corrected chi connectivity index (χ0v) is 16.3. The normalized spacial score (nSPS) is 18.3. The number of methoxy groups -OCH3 is 1. The van der Waals surface area contributed by atoms with Gasteiger partial charge in [0.15, 0.2) is 5.78 Å². The van der Waals surface area contributed by atoms with Gasteiger partial charge in [-0.2, -0.15) is 0 Å². The number of ether oxygens (including phenoxy) is 1. The topological polar surface area (TPSA) is 39.2 Å². The fraction of sp³-hybridized carbons (Fsp3) is 0.250. The number of hydrogen-bond acceptors (Lipinski definition) is 3. The number of alkyl halides is 2. The summed E-state index contributed by atoms with van der Waals surface area (Å²) in [4.78, 5) is 17.7. The van der Waals surface area contributed by atoms with Crippen molar-refractivity contribution in [2.75, 3.05) is 7.11 Å². The minimum absolute atomic E-state index is 0.0236. The van der Waals surface area contributed by atoms with Crippen molar-refractivity contribution in [2.45, 2.75) is 31.8 Å². The minimum Gasteiger partial charge on any atom is -0.376 e. The second-order valence-electron chi connectivity index (χ2n) is 7.23. The molecule has 29 heavy (non-hydrogen) atoms. The monoisotopic (exact) mass is 393 g/mol. The first kappa shape index (κ1) is 19.4. The summed E-state index contributed by atoms with van der Waals surface area (Å²) in [5.74, 6) is -3.45. The summed E-state index contributed by atoms with van der Waals surface area (Å²) >= 11 is 0. The maximum absolute atomic E-state index is 14.0. The van der Waals surface area contributed by atoms with Crippen LogP contribution in [0.2, 0.25) is 0 Å². The first-order valence-electron chi connectivity index (χ1n) is 9.59. The molecule has 1 aliphatic rings. The summed E-state index contributed by atoms with van der Waals surface area (Å²) in [5.41, 5.74) is 3.62. The van der Waals surface area contributed by atoms with Crippen LogP contribution in [0.1, 0.15) is 29.3 Å². The summed E-state index contributed by atoms with van der Waals surface area (Å²) in [6, 6.07) is 17.2. The number of Topliss-reactive ketones (excluding diaryl/α,β-unsaturated/α-hetero) is 1. The van der Waals surface area contributed by atoms with Crippen LogP contribution in [0.4, 0.5) is 8.78 Å². The Kier molecular flexibility index (Phi) is 5.01. The molecule has 0 radical (unpaired) electrons. The van der Waals surface area contributed by atoms with Gasteiger partial charge in [-0.1, -0.05) is 43.3 Å². The summed E-state index contributed by atoms with van der Waals surface area (Å²) < 4.78 is 33.3. The number of nitrogens with zero attached hydrogens (tertiary/aromatic N) is 1. The van der Waals surface area contributed by atoms with Crippen LogP contribution >= 0.6 is 0 Å². The van der Waals surface area contributed by atoms with Crippen LogP contribution in [-0.2, 0) is 11.2 Å². The highest BCUT2D eigenvalue weighted by Gasteiger charge is 2.35. The van der Waals surface area contributed by atoms with E-state index in [1.807, 2.05) is 48.5 Å². The summed E-state index contributed by atoms with van der Waals surface area (Å²) in [5, 5.41) is 1.03. The minimum atomic E-state index is -3.04. The van der Waals surface area contributed by atoms with Gasteiger partial charge in [0.1, 0.15) is 0 Å². The van der Waals surface area contributed by atoms with Gasteiger partial charge in [-0.15, -0.1) is 0 Å². The van der Waals surface area contributed by atoms with E-state index in [1.54, 1.807) is 6.07 Å². The van der Waals surface area contributed by atoms with E-state index in [9.17, 15) is 13.6 Å². The van der Waals surface area contributed by atoms with Crippen LogP contribution in [0, 0.1) is 0 Å². The third-order valence-corrected chi connectivity index (χ3v) is 5.39. The Hall–Kier alpha value is -2.92. The molecule has 148 valence electrons. The third-order valence-electron chi connectivity index (χ3n) is 5.39. The Bertz CT molecular complexity index is 1120. The second-order valence-corrected chi connectivity index (χ2v) is 7.23. The van der Waals surface area contributed by atoms with Gasteiger partial charge < -0.3 is 4.74 Å². The molecule has 0 fully saturated rings. The van der Waals surface area contributed by atoms with Crippen LogP contribution in [0.25, 0.3) is 22.2 Å². The molecule has 0 spiro atoms. The van der Waals surface area contributed by atoms with Gasteiger partial charge in [0.25, 0.3) is 5.92 Å². The highest BCUT2D eigenvalue weighted by Crippen LogP contribution is 2.33. The highest BCUT2D eigenvalue weighted by atomic mass is 19.3. The molecule has 0 aliphatic heterocycles. The number of allylic oxidation sites excluding steroid dienone is 1. The lowest BCUT2D eigenvalue weighted by Crippen LogP contribution is -2.31. The van der Waals surface area contributed by atoms with E-state index in [0.29, 0.717) is 12.0 Å². The fourth-order valence-corrected chi connectivity index (χ4v) is 3.66. The van der Waals surface area contributed by atoms with Gasteiger partial charge >= 0.3 is 0 Å². The number of aromatic nitrogens is 1. The lowest BCUT2D eigenvalue weighted by Gasteiger charge is -2.27. The van der Waals surface area contributed by atoms with E-state index in [-0.39, 0.29) is 12.0 Å². The number of fused-ring (bicyclic) bond motifs is 2. The highest BCUT2D eigenvalue weighted by molar-refractivity contribution is 6.12. The lowest BCUT2D eigenvalue weighted by atomic mass is 9.82. The standard InChI is InChI=1S/C24H21F2NO2/c1-3-24(25,26)14-19-22(29-2)13-16-8-9-17(12-18(16)23(19)28)21-11-10-15-6-4-5-7-20(15)27-21/h4-12,14,22H,3,13H2,1-2H3. The van der Waals surface area contributed by atoms with E-state index in [4.69, 9.17) is 4.74 Å². The first-order chi connectivity index (χ1) is 13.9. The van der Waals surface area contributed by atoms with Gasteiger partial charge in [0, 0.05) is 42.0 Å². The largest absolute Gasteiger partial charge is 0.376 e. The SMILES string of the molecule is CCC(F)(F)C=C1C(=O)c2cc(-c3ccc4ccccc4n3)ccc2CC1OC. The summed E-state index contributed by atoms with van der Waals surface area (Å²) in [6.07, 6.45) is 0.118. The Morgan fingerprint density at radius 3 is 2.72 bits per heavy atom. The number of hydrogen-bond donors (Lipinski definition) is 0. The molecule has 1 unspecified atom stereocenters. The molecule has 0 N–H and O–H groups in total. The first-order valence-corrected chi connectivity index (χ1v) is 9.59. The van der Waals surface area contributed by atoms with Crippen LogP contribution in [0.15, 0.2) is 66.2 Å². The van der Waals surface area contributed by atoms with Gasteiger partial charge in [-0.25, -0.2) is 13.8 Å². The fourth-order valence-electron chi connectivity index (χ4n) is 3.66. The number of carbonyl (C=O) groups excluding carboxylic acids is 1. The molecular weight excluding hydrogens is 372 g/mol. The number of ketones is 1. The smallest absolute Gasteiger partial charge is 0.267 e. The molecular formula is C24H21F2NO2. The molecule has 1 aliphatic carbocycles. The number of carbonyl (C=O) groups is 1. The van der Waals surface area contributed by atoms with Gasteiger partial charge in [0.05, 0.1) is 17.3 Å². The van der Waals surface area contributed by atoms with Crippen molar-refractivity contribution in [3.63, 3.8) is 0 Å². The van der Waals surface area contributed by atoms with Gasteiger partial charge in [-0.3, -0.25) is 4.79 Å². The molecule has 1 atom stereocenters. The lowest BCUT2D eigenvalue weighted by molar-refractivity contribution is 0.0452. The Morgan fingerprint density at radius 2 is 1.97 bits per heavy atom. The quantitative estimate of drug-likeness (QED) is 0.540. The molecule has 0 amide bonds. The molecule has 0 bridgehead atoms. The zero-order chi connectivity index (χ0) is 20.6. The van der Waals surface area contributed by atoms with E-state index < -0.39 is 17.8 Å². The predicted octanol–water partition coefficient (Wildman–Crippen LogP) is 5.63. The molecule has 1 heterocycles. The molecule has 3 aromatic rings. The van der Waals surface area contributed by atoms with Crippen molar-refractivity contribution < 1.29 is 18.3 Å². The number of halogens is 2. The van der Waals surface area contributed by atoms with Crippen LogP contribution < -0.4 is 0 Å². The van der Waals surface area contributed by atoms with E-state index in [0.717, 1.165) is 33.8 Å². The Balaban J connectivity index is 1.78. The van der Waals surface area contributed by atoms with E-state index in [2.05, 4.69) is 4.98 Å². The van der Waals surface area contributed by atoms with Gasteiger partial charge in [0.2, 0.25) is 0 Å². The Labute approximate surface area is 168 Å². The molecule has 5 heteroatoms. The number of benzene rings is 2. The third kappa shape index (κ3) is 3.70. The van der Waals surface area contributed by atoms with E-state index >= 15 is 0 Å². The molecule has 3 nitrogen and oxygen atoms in total. The molecule has 0 saturated heterocycles. The van der Waals surface area contributed by atoms with Crippen molar-refractivity contribution in [1.29, 1.82) is 0 Å². The van der Waals surface area contributed by atoms with Crippen molar-refractivity contribution in [3.05, 3.63) is 77.4 Å². The van der Waals surface area contributed by atoms with Crippen molar-refractivity contribution in [3.8, 4) is 11.3 Å². The van der Waals surface area contributed by atoms with Crippen molar-refractivity contribution >= 4 is 16.7 Å². The zero-order valence-electron chi connectivity index (χ0n) is 16.3. The molecule has 4 rings (SSSR count). The number of pyridine rings is 1. The van der Waals surface area contributed by atoms with Crippen LogP contribution in [-0.4, -0.2) is 29.9 Å². The van der Waals surface area contributed by atoms with Crippen molar-refractivity contribution in [2.24, 2.45) is 0 Å². The number of para-hydroxylation sites is 1. The molecule has 2 aromatic carbocycles. The average molecular weight is 393 g/mol. The summed E-state index contributed by atoms with van der Waals surface area (Å²) in [7, 11) is 1.44. The number of rotatable bonds is 4.